The van der Waals surface area contributed by atoms with Crippen LogP contribution in [0.15, 0.2) is 67.0 Å². The minimum atomic E-state index is -1.06. The summed E-state index contributed by atoms with van der Waals surface area (Å²) in [5.41, 5.74) is 2.13. The Morgan fingerprint density at radius 1 is 0.979 bits per heavy atom. The molecular weight excluding hydrogens is 637 g/mol. The highest BCUT2D eigenvalue weighted by Crippen LogP contribution is 2.47. The van der Waals surface area contributed by atoms with Crippen molar-refractivity contribution in [2.75, 3.05) is 4.90 Å². The first-order valence-corrected chi connectivity index (χ1v) is 16.3. The Morgan fingerprint density at radius 3 is 2.26 bits per heavy atom. The van der Waals surface area contributed by atoms with Crippen molar-refractivity contribution in [2.24, 2.45) is 0 Å². The number of pyridine rings is 1. The molecule has 2 aliphatic carbocycles. The van der Waals surface area contributed by atoms with Gasteiger partial charge >= 0.3 is 0 Å². The molecule has 47 heavy (non-hydrogen) atoms. The third kappa shape index (κ3) is 6.09. The number of nitriles is 1. The number of fused-ring (bicyclic) bond motifs is 1. The Balaban J connectivity index is 0.00000190. The summed E-state index contributed by atoms with van der Waals surface area (Å²) in [6, 6.07) is 16.8. The highest BCUT2D eigenvalue weighted by Gasteiger charge is 2.56. The molecule has 3 amide bonds. The zero-order valence-electron chi connectivity index (χ0n) is 26.2. The van der Waals surface area contributed by atoms with Crippen LogP contribution in [0, 0.1) is 18.3 Å². The summed E-state index contributed by atoms with van der Waals surface area (Å²) in [6.45, 7) is 5.98. The second-order valence-corrected chi connectivity index (χ2v) is 12.8. The van der Waals surface area contributed by atoms with E-state index in [9.17, 15) is 19.6 Å². The van der Waals surface area contributed by atoms with Gasteiger partial charge in [0, 0.05) is 22.7 Å². The van der Waals surface area contributed by atoms with Crippen LogP contribution >= 0.6 is 23.2 Å². The zero-order chi connectivity index (χ0) is 33.5. The van der Waals surface area contributed by atoms with Crippen molar-refractivity contribution in [3.8, 4) is 6.07 Å². The van der Waals surface area contributed by atoms with Crippen LogP contribution in [-0.2, 0) is 21.5 Å². The summed E-state index contributed by atoms with van der Waals surface area (Å²) in [5.74, 6) is -0.851. The van der Waals surface area contributed by atoms with Gasteiger partial charge in [0.25, 0.3) is 11.8 Å². The number of carbonyl (C=O) groups is 3. The molecule has 7 rings (SSSR count). The molecule has 1 atom stereocenters. The number of anilines is 2. The number of amides is 3. The Kier molecular flexibility index (Phi) is 8.55. The molecule has 2 aromatic heterocycles. The van der Waals surface area contributed by atoms with Gasteiger partial charge in [-0.3, -0.25) is 23.9 Å². The average Bonchev–Trinajstić information content (AvgIpc) is 3.96. The molecule has 0 spiro atoms. The van der Waals surface area contributed by atoms with Crippen LogP contribution in [0.2, 0.25) is 10.0 Å². The number of benzene rings is 2. The molecule has 12 heteroatoms. The first-order chi connectivity index (χ1) is 22.6. The lowest BCUT2D eigenvalue weighted by Gasteiger charge is -2.23. The lowest BCUT2D eigenvalue weighted by Crippen LogP contribution is -2.52. The SMILES string of the molecule is CC.Cc1ccnc(C2(NC(=O)C3(NC(=O)c4cnc5n4C(Cc4ccc(C#N)cc4)C(=O)N5c4cc(Cl)cc(Cl)c4)CC3)CC2)c1. The maximum Gasteiger partial charge on any atom is 0.270 e. The van der Waals surface area contributed by atoms with E-state index in [4.69, 9.17) is 23.2 Å². The van der Waals surface area contributed by atoms with E-state index in [1.807, 2.05) is 32.9 Å². The van der Waals surface area contributed by atoms with Crippen molar-refractivity contribution in [1.82, 2.24) is 25.2 Å². The zero-order valence-corrected chi connectivity index (χ0v) is 27.7. The van der Waals surface area contributed by atoms with Crippen molar-refractivity contribution in [3.05, 3.63) is 105 Å². The van der Waals surface area contributed by atoms with E-state index in [0.29, 0.717) is 34.1 Å². The van der Waals surface area contributed by atoms with Crippen molar-refractivity contribution < 1.29 is 14.4 Å². The van der Waals surface area contributed by atoms with Gasteiger partial charge in [-0.25, -0.2) is 9.88 Å². The van der Waals surface area contributed by atoms with E-state index in [1.165, 1.54) is 11.1 Å². The topological polar surface area (TPSA) is 133 Å². The van der Waals surface area contributed by atoms with Crippen molar-refractivity contribution in [1.29, 1.82) is 5.26 Å². The number of nitrogens with one attached hydrogen (secondary N) is 2. The van der Waals surface area contributed by atoms with E-state index in [1.54, 1.807) is 53.2 Å². The van der Waals surface area contributed by atoms with Crippen molar-refractivity contribution in [3.63, 3.8) is 0 Å². The van der Waals surface area contributed by atoms with E-state index >= 15 is 0 Å². The Bertz CT molecular complexity index is 1900. The predicted molar refractivity (Wildman–Crippen MR) is 179 cm³/mol. The number of hydrogen-bond donors (Lipinski definition) is 2. The predicted octanol–water partition coefficient (Wildman–Crippen LogP) is 6.32. The molecule has 1 unspecified atom stereocenters. The summed E-state index contributed by atoms with van der Waals surface area (Å²) in [7, 11) is 0. The largest absolute Gasteiger partial charge is 0.343 e. The van der Waals surface area contributed by atoms with Crippen LogP contribution in [0.25, 0.3) is 0 Å². The van der Waals surface area contributed by atoms with E-state index < -0.39 is 23.0 Å². The maximum absolute atomic E-state index is 14.0. The molecule has 2 aromatic carbocycles. The van der Waals surface area contributed by atoms with Crippen LogP contribution < -0.4 is 15.5 Å². The van der Waals surface area contributed by atoms with Gasteiger partial charge in [0.1, 0.15) is 17.3 Å². The summed E-state index contributed by atoms with van der Waals surface area (Å²) >= 11 is 12.6. The van der Waals surface area contributed by atoms with Gasteiger partial charge in [-0.05, 0) is 86.2 Å². The van der Waals surface area contributed by atoms with Gasteiger partial charge in [0.2, 0.25) is 11.9 Å². The monoisotopic (exact) mass is 669 g/mol. The number of aryl methyl sites for hydroxylation is 1. The molecule has 3 aliphatic rings. The van der Waals surface area contributed by atoms with Crippen LogP contribution in [0.1, 0.15) is 78.4 Å². The first kappa shape index (κ1) is 32.2. The molecular formula is C35H33Cl2N7O3. The molecule has 3 heterocycles. The summed E-state index contributed by atoms with van der Waals surface area (Å²) < 4.78 is 1.59. The molecule has 2 fully saturated rings. The van der Waals surface area contributed by atoms with Crippen molar-refractivity contribution in [2.45, 2.75) is 70.0 Å². The third-order valence-corrected chi connectivity index (χ3v) is 9.13. The van der Waals surface area contributed by atoms with Gasteiger partial charge in [0.15, 0.2) is 0 Å². The second kappa shape index (κ2) is 12.5. The maximum atomic E-state index is 14.0. The number of carbonyl (C=O) groups excluding carboxylic acids is 3. The summed E-state index contributed by atoms with van der Waals surface area (Å²) in [6.07, 6.45) is 5.91. The Labute approximate surface area is 282 Å². The fourth-order valence-corrected chi connectivity index (χ4v) is 6.41. The smallest absolute Gasteiger partial charge is 0.270 e. The highest BCUT2D eigenvalue weighted by molar-refractivity contribution is 6.35. The third-order valence-electron chi connectivity index (χ3n) is 8.69. The minimum Gasteiger partial charge on any atom is -0.343 e. The Morgan fingerprint density at radius 2 is 1.66 bits per heavy atom. The van der Waals surface area contributed by atoms with Crippen LogP contribution in [0.4, 0.5) is 11.6 Å². The van der Waals surface area contributed by atoms with Crippen LogP contribution in [-0.4, -0.2) is 37.8 Å². The quantitative estimate of drug-likeness (QED) is 0.226. The fourth-order valence-electron chi connectivity index (χ4n) is 5.90. The molecule has 0 bridgehead atoms. The molecule has 0 radical (unpaired) electrons. The van der Waals surface area contributed by atoms with E-state index in [2.05, 4.69) is 26.7 Å². The van der Waals surface area contributed by atoms with Gasteiger partial charge in [-0.15, -0.1) is 0 Å². The van der Waals surface area contributed by atoms with Crippen LogP contribution in [0.5, 0.6) is 0 Å². The van der Waals surface area contributed by atoms with Gasteiger partial charge in [-0.1, -0.05) is 49.2 Å². The molecule has 2 saturated carbocycles. The highest BCUT2D eigenvalue weighted by atomic mass is 35.5. The van der Waals surface area contributed by atoms with Crippen LogP contribution in [0.3, 0.4) is 0 Å². The molecule has 2 N–H and O–H groups in total. The number of halogens is 2. The average molecular weight is 671 g/mol. The normalized spacial score (nSPS) is 17.9. The van der Waals surface area contributed by atoms with Crippen molar-refractivity contribution >= 4 is 52.6 Å². The molecule has 4 aromatic rings. The first-order valence-electron chi connectivity index (χ1n) is 15.6. The van der Waals surface area contributed by atoms with Gasteiger partial charge in [0.05, 0.1) is 34.7 Å². The minimum absolute atomic E-state index is 0.146. The standard InChI is InChI=1S/C33H27Cl2N7O3.C2H6/c1-19-6-11-37-27(12-19)32(7-8-32)40-30(45)33(9-10-33)39-28(43)26-18-38-31-41(24-15-22(34)14-23(35)16-24)29(44)25(42(26)31)13-20-2-4-21(17-36)5-3-20;1-2/h2-6,11-12,14-16,18,25H,7-10,13H2,1H3,(H,39,43)(H,40,45);1-2H3. The molecule has 0 saturated heterocycles. The lowest BCUT2D eigenvalue weighted by molar-refractivity contribution is -0.125. The second-order valence-electron chi connectivity index (χ2n) is 11.9. The molecule has 10 nitrogen and oxygen atoms in total. The van der Waals surface area contributed by atoms with Gasteiger partial charge in [-0.2, -0.15) is 5.26 Å². The molecule has 1 aliphatic heterocycles. The van der Waals surface area contributed by atoms with Gasteiger partial charge < -0.3 is 10.6 Å². The fraction of sp³-hybridized carbons (Fsp3) is 0.314. The van der Waals surface area contributed by atoms with E-state index in [0.717, 1.165) is 29.7 Å². The number of rotatable bonds is 8. The number of aromatic nitrogens is 3. The summed E-state index contributed by atoms with van der Waals surface area (Å²) in [5, 5.41) is 16.0. The number of nitrogens with zero attached hydrogens (tertiary/aromatic N) is 5. The summed E-state index contributed by atoms with van der Waals surface area (Å²) in [4.78, 5) is 51.9. The lowest BCUT2D eigenvalue weighted by atomic mass is 10.0. The van der Waals surface area contributed by atoms with E-state index in [-0.39, 0.29) is 29.9 Å². The number of hydrogen-bond acceptors (Lipinski definition) is 6. The number of imidazole rings is 1. The molecule has 240 valence electrons. The Hall–Kier alpha value is -4.72.